The smallest absolute Gasteiger partial charge is 0.410 e. The van der Waals surface area contributed by atoms with Crippen LogP contribution in [0.15, 0.2) is 12.2 Å². The molecule has 0 aromatic heterocycles. The molecule has 0 aromatic rings. The third-order valence-corrected chi connectivity index (χ3v) is 4.92. The Bertz CT molecular complexity index is 511. The van der Waals surface area contributed by atoms with Crippen molar-refractivity contribution < 1.29 is 19.1 Å². The second kappa shape index (κ2) is 8.00. The Morgan fingerprint density at radius 3 is 2.74 bits per heavy atom. The Morgan fingerprint density at radius 2 is 2.09 bits per heavy atom. The Balaban J connectivity index is 2.11. The maximum absolute atomic E-state index is 12.2. The van der Waals surface area contributed by atoms with Gasteiger partial charge in [-0.2, -0.15) is 5.26 Å². The fraction of sp³-hybridized carbons (Fsp3) is 0.706. The second-order valence-corrected chi connectivity index (χ2v) is 6.21. The lowest BCUT2D eigenvalue weighted by Crippen LogP contribution is -2.54. The minimum absolute atomic E-state index is 0.298. The number of esters is 1. The predicted octanol–water partition coefficient (Wildman–Crippen LogP) is 2.50. The van der Waals surface area contributed by atoms with Crippen LogP contribution in [0, 0.1) is 29.1 Å². The van der Waals surface area contributed by atoms with E-state index in [1.807, 2.05) is 12.1 Å². The SMILES string of the molecule is CCOC(=O)C1CC2CC(C=CC#N)CCC2CN1C(=O)OC. The van der Waals surface area contributed by atoms with Crippen LogP contribution in [-0.2, 0) is 14.3 Å². The molecule has 1 saturated carbocycles. The molecular weight excluding hydrogens is 296 g/mol. The summed E-state index contributed by atoms with van der Waals surface area (Å²) in [5.41, 5.74) is 0. The number of allylic oxidation sites excluding steroid dienone is 2. The Labute approximate surface area is 137 Å². The van der Waals surface area contributed by atoms with Gasteiger partial charge in [0.05, 0.1) is 19.8 Å². The third-order valence-electron chi connectivity index (χ3n) is 4.92. The van der Waals surface area contributed by atoms with Crippen LogP contribution in [0.1, 0.15) is 32.6 Å². The molecule has 2 fully saturated rings. The van der Waals surface area contributed by atoms with Crippen molar-refractivity contribution in [3.8, 4) is 6.07 Å². The summed E-state index contributed by atoms with van der Waals surface area (Å²) in [6.45, 7) is 2.59. The van der Waals surface area contributed by atoms with Crippen molar-refractivity contribution in [2.75, 3.05) is 20.3 Å². The van der Waals surface area contributed by atoms with E-state index in [2.05, 4.69) is 0 Å². The summed E-state index contributed by atoms with van der Waals surface area (Å²) in [5.74, 6) is 0.772. The Kier molecular flexibility index (Phi) is 6.03. The number of nitrogens with zero attached hydrogens (tertiary/aromatic N) is 2. The number of likely N-dealkylation sites (tertiary alicyclic amines) is 1. The van der Waals surface area contributed by atoms with Crippen LogP contribution in [-0.4, -0.2) is 43.3 Å². The summed E-state index contributed by atoms with van der Waals surface area (Å²) < 4.78 is 9.97. The molecule has 0 N–H and O–H groups in total. The van der Waals surface area contributed by atoms with Crippen molar-refractivity contribution in [1.82, 2.24) is 4.90 Å². The molecule has 0 spiro atoms. The van der Waals surface area contributed by atoms with Crippen LogP contribution in [0.5, 0.6) is 0 Å². The van der Waals surface area contributed by atoms with E-state index >= 15 is 0 Å². The highest BCUT2D eigenvalue weighted by Crippen LogP contribution is 2.41. The van der Waals surface area contributed by atoms with E-state index in [4.69, 9.17) is 14.7 Å². The molecule has 2 rings (SSSR count). The second-order valence-electron chi connectivity index (χ2n) is 6.21. The average molecular weight is 320 g/mol. The Hall–Kier alpha value is -2.03. The van der Waals surface area contributed by atoms with Crippen LogP contribution in [0.3, 0.4) is 0 Å². The van der Waals surface area contributed by atoms with E-state index in [0.29, 0.717) is 37.3 Å². The molecule has 0 radical (unpaired) electrons. The van der Waals surface area contributed by atoms with Gasteiger partial charge in [0.25, 0.3) is 0 Å². The van der Waals surface area contributed by atoms with Gasteiger partial charge in [0.15, 0.2) is 0 Å². The summed E-state index contributed by atoms with van der Waals surface area (Å²) in [5, 5.41) is 8.67. The number of hydrogen-bond donors (Lipinski definition) is 0. The van der Waals surface area contributed by atoms with Gasteiger partial charge in [0.2, 0.25) is 0 Å². The van der Waals surface area contributed by atoms with Crippen LogP contribution in [0.4, 0.5) is 4.79 Å². The first-order chi connectivity index (χ1) is 11.1. The zero-order chi connectivity index (χ0) is 16.8. The quantitative estimate of drug-likeness (QED) is 0.589. The highest BCUT2D eigenvalue weighted by Gasteiger charge is 2.44. The lowest BCUT2D eigenvalue weighted by atomic mass is 9.69. The van der Waals surface area contributed by atoms with Gasteiger partial charge in [-0.15, -0.1) is 0 Å². The van der Waals surface area contributed by atoms with Gasteiger partial charge < -0.3 is 9.47 Å². The van der Waals surface area contributed by atoms with Crippen molar-refractivity contribution in [2.24, 2.45) is 17.8 Å². The van der Waals surface area contributed by atoms with Crippen molar-refractivity contribution >= 4 is 12.1 Å². The molecule has 1 saturated heterocycles. The molecule has 1 aliphatic carbocycles. The van der Waals surface area contributed by atoms with Crippen molar-refractivity contribution in [2.45, 2.75) is 38.6 Å². The Morgan fingerprint density at radius 1 is 1.30 bits per heavy atom. The first-order valence-electron chi connectivity index (χ1n) is 8.18. The largest absolute Gasteiger partial charge is 0.464 e. The number of nitriles is 1. The summed E-state index contributed by atoms with van der Waals surface area (Å²) in [6, 6.07) is 1.47. The first kappa shape index (κ1) is 17.3. The summed E-state index contributed by atoms with van der Waals surface area (Å²) >= 11 is 0. The van der Waals surface area contributed by atoms with Crippen LogP contribution in [0.25, 0.3) is 0 Å². The van der Waals surface area contributed by atoms with Gasteiger partial charge in [0, 0.05) is 12.6 Å². The van der Waals surface area contributed by atoms with E-state index in [1.54, 1.807) is 6.92 Å². The van der Waals surface area contributed by atoms with Crippen molar-refractivity contribution in [3.63, 3.8) is 0 Å². The molecule has 6 nitrogen and oxygen atoms in total. The highest BCUT2D eigenvalue weighted by atomic mass is 16.6. The molecule has 0 bridgehead atoms. The molecular formula is C17H24N2O4. The number of ether oxygens (including phenoxy) is 2. The lowest BCUT2D eigenvalue weighted by Gasteiger charge is -2.45. The summed E-state index contributed by atoms with van der Waals surface area (Å²) in [4.78, 5) is 25.8. The minimum Gasteiger partial charge on any atom is -0.464 e. The van der Waals surface area contributed by atoms with Gasteiger partial charge in [-0.05, 0) is 50.4 Å². The van der Waals surface area contributed by atoms with Crippen molar-refractivity contribution in [1.29, 1.82) is 5.26 Å². The maximum atomic E-state index is 12.2. The molecule has 2 aliphatic rings. The molecule has 1 amide bonds. The van der Waals surface area contributed by atoms with Crippen LogP contribution in [0.2, 0.25) is 0 Å². The normalized spacial score (nSPS) is 30.4. The number of rotatable bonds is 3. The maximum Gasteiger partial charge on any atom is 0.410 e. The van der Waals surface area contributed by atoms with E-state index in [-0.39, 0.29) is 5.97 Å². The fourth-order valence-corrected chi connectivity index (χ4v) is 3.82. The minimum atomic E-state index is -0.567. The molecule has 4 atom stereocenters. The number of carbonyl (C=O) groups excluding carboxylic acids is 2. The molecule has 23 heavy (non-hydrogen) atoms. The van der Waals surface area contributed by atoms with E-state index < -0.39 is 12.1 Å². The van der Waals surface area contributed by atoms with Gasteiger partial charge in [-0.25, -0.2) is 9.59 Å². The van der Waals surface area contributed by atoms with Gasteiger partial charge in [0.1, 0.15) is 6.04 Å². The fourth-order valence-electron chi connectivity index (χ4n) is 3.82. The van der Waals surface area contributed by atoms with E-state index in [0.717, 1.165) is 19.3 Å². The van der Waals surface area contributed by atoms with Crippen LogP contribution >= 0.6 is 0 Å². The number of fused-ring (bicyclic) bond motifs is 1. The number of piperidine rings is 1. The topological polar surface area (TPSA) is 79.6 Å². The molecule has 1 heterocycles. The highest BCUT2D eigenvalue weighted by molar-refractivity contribution is 5.81. The summed E-state index contributed by atoms with van der Waals surface area (Å²) in [7, 11) is 1.33. The van der Waals surface area contributed by atoms with Crippen molar-refractivity contribution in [3.05, 3.63) is 12.2 Å². The van der Waals surface area contributed by atoms with Gasteiger partial charge >= 0.3 is 12.1 Å². The van der Waals surface area contributed by atoms with Crippen LogP contribution < -0.4 is 0 Å². The van der Waals surface area contributed by atoms with Gasteiger partial charge in [-0.1, -0.05) is 6.08 Å². The monoisotopic (exact) mass is 320 g/mol. The number of carbonyl (C=O) groups is 2. The zero-order valence-electron chi connectivity index (χ0n) is 13.7. The lowest BCUT2D eigenvalue weighted by molar-refractivity contribution is -0.152. The molecule has 1 aliphatic heterocycles. The summed E-state index contributed by atoms with van der Waals surface area (Å²) in [6.07, 6.45) is 6.60. The number of amides is 1. The average Bonchev–Trinajstić information content (AvgIpc) is 2.58. The van der Waals surface area contributed by atoms with E-state index in [1.165, 1.54) is 18.1 Å². The number of methoxy groups -OCH3 is 1. The number of hydrogen-bond acceptors (Lipinski definition) is 5. The zero-order valence-corrected chi connectivity index (χ0v) is 13.7. The molecule has 0 aromatic carbocycles. The third kappa shape index (κ3) is 4.04. The predicted molar refractivity (Wildman–Crippen MR) is 83.2 cm³/mol. The first-order valence-corrected chi connectivity index (χ1v) is 8.18. The standard InChI is InChI=1S/C17H24N2O4/c1-3-23-16(20)15-10-14-9-12(5-4-8-18)6-7-13(14)11-19(15)17(21)22-2/h4-5,12-15H,3,6-7,9-11H2,1-2H3. The molecule has 4 unspecified atom stereocenters. The van der Waals surface area contributed by atoms with Gasteiger partial charge in [-0.3, -0.25) is 4.90 Å². The molecule has 126 valence electrons. The van der Waals surface area contributed by atoms with E-state index in [9.17, 15) is 9.59 Å². The molecule has 6 heteroatoms.